The zero-order valence-corrected chi connectivity index (χ0v) is 7.21. The normalized spacial score (nSPS) is 15.0. The number of fused-ring (bicyclic) bond motifs is 1. The van der Waals surface area contributed by atoms with Gasteiger partial charge in [-0.3, -0.25) is 0 Å². The summed E-state index contributed by atoms with van der Waals surface area (Å²) < 4.78 is 2.14. The van der Waals surface area contributed by atoms with E-state index in [1.165, 1.54) is 36.9 Å². The second kappa shape index (κ2) is 3.04. The van der Waals surface area contributed by atoms with Gasteiger partial charge in [-0.25, -0.2) is 0 Å². The molecular formula is C11H13N. The van der Waals surface area contributed by atoms with Gasteiger partial charge < -0.3 is 4.57 Å². The summed E-state index contributed by atoms with van der Waals surface area (Å²) in [5, 5.41) is 0. The van der Waals surface area contributed by atoms with E-state index in [2.05, 4.69) is 29.1 Å². The summed E-state index contributed by atoms with van der Waals surface area (Å²) in [6.45, 7) is 3.58. The van der Waals surface area contributed by atoms with Crippen molar-refractivity contribution in [3.05, 3.63) is 35.8 Å². The molecule has 1 aromatic rings. The molecule has 1 aliphatic carbocycles. The fraction of sp³-hybridized carbons (Fsp3) is 0.364. The first-order chi connectivity index (χ1) is 5.92. The van der Waals surface area contributed by atoms with Gasteiger partial charge in [0.05, 0.1) is 6.20 Å². The quantitative estimate of drug-likeness (QED) is 0.555. The van der Waals surface area contributed by atoms with Crippen molar-refractivity contribution >= 4 is 6.20 Å². The van der Waals surface area contributed by atoms with E-state index < -0.39 is 0 Å². The molecule has 62 valence electrons. The number of aromatic nitrogens is 1. The Bertz CT molecular complexity index is 327. The van der Waals surface area contributed by atoms with Crippen LogP contribution in [0.25, 0.3) is 6.20 Å². The number of aryl methyl sites for hydroxylation is 1. The number of nitrogens with zero attached hydrogens (tertiary/aromatic N) is 1. The van der Waals surface area contributed by atoms with Crippen LogP contribution in [0.1, 0.15) is 24.1 Å². The lowest BCUT2D eigenvalue weighted by Crippen LogP contribution is -2.03. The molecule has 0 spiro atoms. The van der Waals surface area contributed by atoms with Crippen LogP contribution in [-0.2, 0) is 12.8 Å². The standard InChI is InChI=1S/C11H13N/c1-2-8-12-9-7-10-5-3-4-6-11(10)12/h7-9H,1,3-6H2. The van der Waals surface area contributed by atoms with E-state index in [9.17, 15) is 0 Å². The summed E-state index contributed by atoms with van der Waals surface area (Å²) in [5.41, 5.74) is 5.77. The van der Waals surface area contributed by atoms with Crippen molar-refractivity contribution in [1.29, 1.82) is 0 Å². The van der Waals surface area contributed by atoms with Crippen LogP contribution in [0.3, 0.4) is 0 Å². The number of rotatable bonds is 1. The topological polar surface area (TPSA) is 4.93 Å². The zero-order valence-electron chi connectivity index (χ0n) is 7.21. The van der Waals surface area contributed by atoms with Gasteiger partial charge >= 0.3 is 0 Å². The molecule has 0 saturated carbocycles. The van der Waals surface area contributed by atoms with Crippen molar-refractivity contribution in [3.8, 4) is 0 Å². The van der Waals surface area contributed by atoms with Gasteiger partial charge in [-0.05, 0) is 37.3 Å². The molecule has 1 aromatic heterocycles. The average molecular weight is 159 g/mol. The highest BCUT2D eigenvalue weighted by Gasteiger charge is 2.11. The first-order valence-electron chi connectivity index (χ1n) is 4.46. The van der Waals surface area contributed by atoms with Crippen LogP contribution in [0, 0.1) is 0 Å². The molecular weight excluding hydrogens is 146 g/mol. The lowest BCUT2D eigenvalue weighted by atomic mass is 9.98. The van der Waals surface area contributed by atoms with Gasteiger partial charge in [-0.15, -0.1) is 5.73 Å². The third-order valence-corrected chi connectivity index (χ3v) is 2.46. The lowest BCUT2D eigenvalue weighted by molar-refractivity contribution is 0.667. The van der Waals surface area contributed by atoms with Crippen molar-refractivity contribution in [2.24, 2.45) is 0 Å². The molecule has 0 aliphatic heterocycles. The maximum absolute atomic E-state index is 3.58. The second-order valence-electron chi connectivity index (χ2n) is 3.24. The van der Waals surface area contributed by atoms with Crippen LogP contribution in [0.15, 0.2) is 24.6 Å². The van der Waals surface area contributed by atoms with Crippen molar-refractivity contribution in [1.82, 2.24) is 4.57 Å². The molecule has 1 heterocycles. The van der Waals surface area contributed by atoms with Crippen molar-refractivity contribution in [2.75, 3.05) is 0 Å². The molecule has 1 heteroatoms. The average Bonchev–Trinajstić information content (AvgIpc) is 2.50. The van der Waals surface area contributed by atoms with Crippen LogP contribution in [0.5, 0.6) is 0 Å². The third kappa shape index (κ3) is 1.13. The van der Waals surface area contributed by atoms with E-state index in [-0.39, 0.29) is 0 Å². The Balaban J connectivity index is 2.44. The van der Waals surface area contributed by atoms with E-state index >= 15 is 0 Å². The molecule has 0 bridgehead atoms. The monoisotopic (exact) mass is 159 g/mol. The molecule has 0 saturated heterocycles. The van der Waals surface area contributed by atoms with Gasteiger partial charge in [-0.1, -0.05) is 6.58 Å². The minimum atomic E-state index is 1.21. The molecule has 12 heavy (non-hydrogen) atoms. The van der Waals surface area contributed by atoms with E-state index in [0.29, 0.717) is 0 Å². The summed E-state index contributed by atoms with van der Waals surface area (Å²) in [6, 6.07) is 2.21. The van der Waals surface area contributed by atoms with Gasteiger partial charge in [0.15, 0.2) is 0 Å². The van der Waals surface area contributed by atoms with E-state index in [1.54, 1.807) is 0 Å². The Labute approximate surface area is 73.0 Å². The lowest BCUT2D eigenvalue weighted by Gasteiger charge is -2.12. The van der Waals surface area contributed by atoms with Gasteiger partial charge in [0.25, 0.3) is 0 Å². The summed E-state index contributed by atoms with van der Waals surface area (Å²) in [6.07, 6.45) is 9.13. The SMILES string of the molecule is C=C=Cn1ccc2c1CCCC2. The Morgan fingerprint density at radius 1 is 1.42 bits per heavy atom. The van der Waals surface area contributed by atoms with Gasteiger partial charge in [0.1, 0.15) is 0 Å². The molecule has 0 radical (unpaired) electrons. The Kier molecular flexibility index (Phi) is 1.89. The molecule has 1 nitrogen and oxygen atoms in total. The fourth-order valence-electron chi connectivity index (χ4n) is 1.87. The highest BCUT2D eigenvalue weighted by atomic mass is 14.9. The van der Waals surface area contributed by atoms with Crippen LogP contribution in [0.2, 0.25) is 0 Å². The maximum atomic E-state index is 3.58. The highest BCUT2D eigenvalue weighted by Crippen LogP contribution is 2.21. The van der Waals surface area contributed by atoms with E-state index in [0.717, 1.165) is 0 Å². The largest absolute Gasteiger partial charge is 0.320 e. The maximum Gasteiger partial charge on any atom is 0.0502 e. The van der Waals surface area contributed by atoms with Crippen molar-refractivity contribution in [2.45, 2.75) is 25.7 Å². The van der Waals surface area contributed by atoms with Crippen LogP contribution in [-0.4, -0.2) is 4.57 Å². The van der Waals surface area contributed by atoms with Crippen LogP contribution < -0.4 is 0 Å². The second-order valence-corrected chi connectivity index (χ2v) is 3.24. The molecule has 0 amide bonds. The summed E-state index contributed by atoms with van der Waals surface area (Å²) in [7, 11) is 0. The third-order valence-electron chi connectivity index (χ3n) is 2.46. The highest BCUT2D eigenvalue weighted by molar-refractivity contribution is 5.34. The van der Waals surface area contributed by atoms with Crippen molar-refractivity contribution < 1.29 is 0 Å². The molecule has 0 aromatic carbocycles. The van der Waals surface area contributed by atoms with Gasteiger partial charge in [0, 0.05) is 11.9 Å². The van der Waals surface area contributed by atoms with Crippen LogP contribution >= 0.6 is 0 Å². The molecule has 2 rings (SSSR count). The smallest absolute Gasteiger partial charge is 0.0502 e. The molecule has 0 atom stereocenters. The number of hydrogen-bond acceptors (Lipinski definition) is 0. The van der Waals surface area contributed by atoms with Crippen molar-refractivity contribution in [3.63, 3.8) is 0 Å². The minimum absolute atomic E-state index is 1.21. The zero-order chi connectivity index (χ0) is 8.39. The molecule has 0 fully saturated rings. The Hall–Kier alpha value is -1.20. The van der Waals surface area contributed by atoms with E-state index in [4.69, 9.17) is 0 Å². The molecule has 0 N–H and O–H groups in total. The predicted octanol–water partition coefficient (Wildman–Crippen LogP) is 2.62. The van der Waals surface area contributed by atoms with E-state index in [1.807, 2.05) is 6.20 Å². The van der Waals surface area contributed by atoms with Crippen LogP contribution in [0.4, 0.5) is 0 Å². The Morgan fingerprint density at radius 3 is 3.08 bits per heavy atom. The fourth-order valence-corrected chi connectivity index (χ4v) is 1.87. The minimum Gasteiger partial charge on any atom is -0.320 e. The molecule has 1 aliphatic rings. The summed E-state index contributed by atoms with van der Waals surface area (Å²) in [4.78, 5) is 0. The molecule has 0 unspecified atom stereocenters. The first-order valence-corrected chi connectivity index (χ1v) is 4.46. The Morgan fingerprint density at radius 2 is 2.25 bits per heavy atom. The first kappa shape index (κ1) is 7.45. The predicted molar refractivity (Wildman–Crippen MR) is 51.0 cm³/mol. The summed E-state index contributed by atoms with van der Waals surface area (Å²) >= 11 is 0. The van der Waals surface area contributed by atoms with Gasteiger partial charge in [0.2, 0.25) is 0 Å². The summed E-state index contributed by atoms with van der Waals surface area (Å²) in [5.74, 6) is 0. The number of hydrogen-bond donors (Lipinski definition) is 0. The van der Waals surface area contributed by atoms with Gasteiger partial charge in [-0.2, -0.15) is 0 Å².